The zero-order valence-corrected chi connectivity index (χ0v) is 16.7. The molecule has 0 radical (unpaired) electrons. The third kappa shape index (κ3) is 5.51. The molecule has 1 aromatic heterocycles. The van der Waals surface area contributed by atoms with Gasteiger partial charge < -0.3 is 9.84 Å². The molecule has 1 heterocycles. The lowest BCUT2D eigenvalue weighted by molar-refractivity contribution is -0.153. The normalized spacial score (nSPS) is 12.4. The van der Waals surface area contributed by atoms with E-state index in [2.05, 4.69) is 5.10 Å². The van der Waals surface area contributed by atoms with Crippen LogP contribution in [0.3, 0.4) is 0 Å². The van der Waals surface area contributed by atoms with Gasteiger partial charge in [-0.25, -0.2) is 9.48 Å². The third-order valence-corrected chi connectivity index (χ3v) is 4.75. The number of carboxylic acids is 1. The van der Waals surface area contributed by atoms with E-state index in [-0.39, 0.29) is 11.7 Å². The van der Waals surface area contributed by atoms with Gasteiger partial charge in [0, 0.05) is 18.4 Å². The maximum atomic E-state index is 12.5. The number of carboxylic acid groups (broad SMARTS) is 1. The summed E-state index contributed by atoms with van der Waals surface area (Å²) in [5.41, 5.74) is 2.00. The van der Waals surface area contributed by atoms with Crippen molar-refractivity contribution in [3.05, 3.63) is 76.2 Å². The zero-order valence-electron chi connectivity index (χ0n) is 16.7. The molecule has 0 aliphatic carbocycles. The van der Waals surface area contributed by atoms with Crippen molar-refractivity contribution in [2.45, 2.75) is 51.9 Å². The molecule has 0 saturated heterocycles. The smallest absolute Gasteiger partial charge is 0.333 e. The lowest BCUT2D eigenvalue weighted by Crippen LogP contribution is -2.29. The van der Waals surface area contributed by atoms with Crippen LogP contribution in [0.4, 0.5) is 0 Å². The summed E-state index contributed by atoms with van der Waals surface area (Å²) in [5.74, 6) is -0.948. The Morgan fingerprint density at radius 3 is 2.48 bits per heavy atom. The number of aromatic nitrogens is 2. The lowest BCUT2D eigenvalue weighted by atomic mass is 10.0. The van der Waals surface area contributed by atoms with E-state index in [9.17, 15) is 14.7 Å². The largest absolute Gasteiger partial charge is 0.479 e. The van der Waals surface area contributed by atoms with Crippen molar-refractivity contribution in [2.75, 3.05) is 0 Å². The Balaban J connectivity index is 1.57. The predicted octanol–water partition coefficient (Wildman–Crippen LogP) is 3.45. The highest BCUT2D eigenvalue weighted by molar-refractivity contribution is 5.80. The van der Waals surface area contributed by atoms with Crippen LogP contribution >= 0.6 is 0 Å². The molecule has 2 aromatic carbocycles. The number of carbonyl (C=O) groups is 1. The van der Waals surface area contributed by atoms with Gasteiger partial charge in [-0.2, -0.15) is 5.10 Å². The minimum Gasteiger partial charge on any atom is -0.479 e. The first kappa shape index (κ1) is 20.7. The minimum atomic E-state index is -0.948. The van der Waals surface area contributed by atoms with Gasteiger partial charge >= 0.3 is 5.97 Å². The van der Waals surface area contributed by atoms with Crippen molar-refractivity contribution < 1.29 is 14.6 Å². The van der Waals surface area contributed by atoms with E-state index in [1.165, 1.54) is 4.68 Å². The number of ether oxygens (including phenoxy) is 1. The fourth-order valence-corrected chi connectivity index (χ4v) is 3.30. The van der Waals surface area contributed by atoms with E-state index in [0.717, 1.165) is 29.4 Å². The zero-order chi connectivity index (χ0) is 20.8. The summed E-state index contributed by atoms with van der Waals surface area (Å²) in [6, 6.07) is 15.3. The van der Waals surface area contributed by atoms with Crippen molar-refractivity contribution in [1.82, 2.24) is 9.78 Å². The molecule has 0 aliphatic heterocycles. The Bertz CT molecular complexity index is 1020. The number of fused-ring (bicyclic) bond motifs is 1. The van der Waals surface area contributed by atoms with Gasteiger partial charge in [0.05, 0.1) is 17.7 Å². The molecule has 0 saturated carbocycles. The fraction of sp³-hybridized carbons (Fsp3) is 0.348. The monoisotopic (exact) mass is 394 g/mol. The van der Waals surface area contributed by atoms with Gasteiger partial charge in [-0.05, 0) is 43.9 Å². The van der Waals surface area contributed by atoms with Crippen LogP contribution in [0, 0.1) is 0 Å². The van der Waals surface area contributed by atoms with Crippen molar-refractivity contribution in [3.8, 4) is 0 Å². The standard InChI is InChI=1S/C23H26N2O4/c1-16(2)29-21(23(27)28)14-18-11-9-17(10-12-18)6-5-13-25-22(26)20-8-4-3-7-19(20)15-24-25/h3-4,7-12,15-16,21H,5-6,13-14H2,1-2H3,(H,27,28). The summed E-state index contributed by atoms with van der Waals surface area (Å²) in [4.78, 5) is 23.8. The number of nitrogens with zero attached hydrogens (tertiary/aromatic N) is 2. The Labute approximate surface area is 169 Å². The Hall–Kier alpha value is -2.99. The molecule has 3 rings (SSSR count). The first-order valence-corrected chi connectivity index (χ1v) is 9.85. The molecule has 0 fully saturated rings. The number of hydrogen-bond donors (Lipinski definition) is 1. The second-order valence-electron chi connectivity index (χ2n) is 7.40. The van der Waals surface area contributed by atoms with Crippen molar-refractivity contribution in [2.24, 2.45) is 0 Å². The summed E-state index contributed by atoms with van der Waals surface area (Å²) >= 11 is 0. The molecular formula is C23H26N2O4. The van der Waals surface area contributed by atoms with Crippen molar-refractivity contribution in [3.63, 3.8) is 0 Å². The molecule has 6 heteroatoms. The lowest BCUT2D eigenvalue weighted by Gasteiger charge is -2.16. The topological polar surface area (TPSA) is 81.4 Å². The number of aliphatic carboxylic acids is 1. The first-order chi connectivity index (χ1) is 13.9. The van der Waals surface area contributed by atoms with Crippen LogP contribution in [-0.4, -0.2) is 33.1 Å². The summed E-state index contributed by atoms with van der Waals surface area (Å²) in [5, 5.41) is 15.1. The van der Waals surface area contributed by atoms with Crippen LogP contribution in [0.5, 0.6) is 0 Å². The molecule has 0 amide bonds. The molecular weight excluding hydrogens is 368 g/mol. The molecule has 1 unspecified atom stereocenters. The molecule has 29 heavy (non-hydrogen) atoms. The average molecular weight is 394 g/mol. The number of hydrogen-bond acceptors (Lipinski definition) is 4. The number of benzene rings is 2. The second kappa shape index (κ2) is 9.47. The van der Waals surface area contributed by atoms with Gasteiger partial charge in [0.1, 0.15) is 0 Å². The maximum absolute atomic E-state index is 12.5. The SMILES string of the molecule is CC(C)OC(Cc1ccc(CCCn2ncc3ccccc3c2=O)cc1)C(=O)O. The summed E-state index contributed by atoms with van der Waals surface area (Å²) in [6.07, 6.45) is 2.69. The molecule has 1 N–H and O–H groups in total. The van der Waals surface area contributed by atoms with E-state index in [1.54, 1.807) is 6.20 Å². The molecule has 1 atom stereocenters. The highest BCUT2D eigenvalue weighted by Crippen LogP contribution is 2.12. The molecule has 0 bridgehead atoms. The highest BCUT2D eigenvalue weighted by Gasteiger charge is 2.19. The Morgan fingerprint density at radius 1 is 1.10 bits per heavy atom. The van der Waals surface area contributed by atoms with Gasteiger partial charge in [0.15, 0.2) is 6.10 Å². The van der Waals surface area contributed by atoms with Crippen molar-refractivity contribution >= 4 is 16.7 Å². The van der Waals surface area contributed by atoms with E-state index in [4.69, 9.17) is 4.74 Å². The van der Waals surface area contributed by atoms with E-state index < -0.39 is 12.1 Å². The number of rotatable bonds is 9. The average Bonchev–Trinajstić information content (AvgIpc) is 2.70. The quantitative estimate of drug-likeness (QED) is 0.601. The molecule has 6 nitrogen and oxygen atoms in total. The predicted molar refractivity (Wildman–Crippen MR) is 112 cm³/mol. The van der Waals surface area contributed by atoms with Crippen LogP contribution in [0.1, 0.15) is 31.4 Å². The summed E-state index contributed by atoms with van der Waals surface area (Å²) in [6.45, 7) is 4.21. The highest BCUT2D eigenvalue weighted by atomic mass is 16.5. The van der Waals surface area contributed by atoms with Crippen LogP contribution < -0.4 is 5.56 Å². The van der Waals surface area contributed by atoms with Crippen molar-refractivity contribution in [1.29, 1.82) is 0 Å². The molecule has 0 aliphatic rings. The van der Waals surface area contributed by atoms with Gasteiger partial charge in [-0.1, -0.05) is 42.5 Å². The molecule has 152 valence electrons. The first-order valence-electron chi connectivity index (χ1n) is 9.85. The maximum Gasteiger partial charge on any atom is 0.333 e. The third-order valence-electron chi connectivity index (χ3n) is 4.75. The minimum absolute atomic E-state index is 0.0664. The van der Waals surface area contributed by atoms with E-state index >= 15 is 0 Å². The Morgan fingerprint density at radius 2 is 1.79 bits per heavy atom. The second-order valence-corrected chi connectivity index (χ2v) is 7.40. The van der Waals surface area contributed by atoms with E-state index in [0.29, 0.717) is 18.4 Å². The summed E-state index contributed by atoms with van der Waals surface area (Å²) < 4.78 is 6.97. The molecule has 0 spiro atoms. The summed E-state index contributed by atoms with van der Waals surface area (Å²) in [7, 11) is 0. The fourth-order valence-electron chi connectivity index (χ4n) is 3.30. The molecule has 3 aromatic rings. The Kier molecular flexibility index (Phi) is 6.77. The van der Waals surface area contributed by atoms with E-state index in [1.807, 2.05) is 62.4 Å². The van der Waals surface area contributed by atoms with Crippen LogP contribution in [-0.2, 0) is 28.9 Å². The van der Waals surface area contributed by atoms with Crippen LogP contribution in [0.2, 0.25) is 0 Å². The number of aryl methyl sites for hydroxylation is 2. The van der Waals surface area contributed by atoms with Gasteiger partial charge in [0.2, 0.25) is 0 Å². The van der Waals surface area contributed by atoms with Gasteiger partial charge in [-0.15, -0.1) is 0 Å². The van der Waals surface area contributed by atoms with Gasteiger partial charge in [-0.3, -0.25) is 4.79 Å². The van der Waals surface area contributed by atoms with Crippen LogP contribution in [0.25, 0.3) is 10.8 Å². The van der Waals surface area contributed by atoms with Gasteiger partial charge in [0.25, 0.3) is 5.56 Å². The van der Waals surface area contributed by atoms with Crippen LogP contribution in [0.15, 0.2) is 59.5 Å².